The lowest BCUT2D eigenvalue weighted by Crippen LogP contribution is -2.08. The molecule has 0 aliphatic heterocycles. The van der Waals surface area contributed by atoms with Crippen molar-refractivity contribution in [3.8, 4) is 0 Å². The topological polar surface area (TPSA) is 44.1 Å². The van der Waals surface area contributed by atoms with Crippen molar-refractivity contribution >= 4 is 15.2 Å². The van der Waals surface area contributed by atoms with Gasteiger partial charge in [-0.1, -0.05) is 77.6 Å². The number of nitrogens with zero attached hydrogens (tertiary/aromatic N) is 2. The predicted molar refractivity (Wildman–Crippen MR) is 128 cm³/mol. The molecule has 0 radical (unpaired) electrons. The summed E-state index contributed by atoms with van der Waals surface area (Å²) >= 11 is 0. The zero-order valence-corrected chi connectivity index (χ0v) is 20.4. The highest BCUT2D eigenvalue weighted by molar-refractivity contribution is 7.16. The number of hydrogen-bond donors (Lipinski definition) is 0. The van der Waals surface area contributed by atoms with Crippen LogP contribution in [0.3, 0.4) is 0 Å². The molecular formula is C24H46N2O2P+. The zero-order chi connectivity index (χ0) is 21.0. The van der Waals surface area contributed by atoms with Crippen molar-refractivity contribution in [1.82, 2.24) is 9.55 Å². The molecule has 1 rings (SSSR count). The minimum Gasteiger partial charge on any atom is -0.466 e. The Hall–Kier alpha value is -0.890. The molecule has 0 amide bonds. The Kier molecular flexibility index (Phi) is 17.2. The molecule has 1 heterocycles. The second-order valence-electron chi connectivity index (χ2n) is 8.31. The maximum absolute atomic E-state index is 11.6. The molecule has 0 aromatic carbocycles. The fraction of sp³-hybridized carbons (Fsp3) is 0.833. The third kappa shape index (κ3) is 14.7. The zero-order valence-electron chi connectivity index (χ0n) is 19.0. The molecule has 2 atom stereocenters. The van der Waals surface area contributed by atoms with Gasteiger partial charge in [0, 0.05) is 31.3 Å². The van der Waals surface area contributed by atoms with Crippen LogP contribution < -0.4 is 0 Å². The van der Waals surface area contributed by atoms with Gasteiger partial charge >= 0.3 is 5.97 Å². The van der Waals surface area contributed by atoms with Gasteiger partial charge in [-0.15, -0.1) is 0 Å². The van der Waals surface area contributed by atoms with E-state index in [1.54, 1.807) is 0 Å². The number of hydrogen-bond acceptors (Lipinski definition) is 3. The molecule has 0 saturated heterocycles. The van der Waals surface area contributed by atoms with Crippen LogP contribution in [-0.2, 0) is 9.53 Å². The van der Waals surface area contributed by atoms with Crippen LogP contribution in [0.15, 0.2) is 18.7 Å². The van der Waals surface area contributed by atoms with Gasteiger partial charge in [0.05, 0.1) is 19.1 Å². The minimum atomic E-state index is -0.0206. The summed E-state index contributed by atoms with van der Waals surface area (Å²) in [6.45, 7) is 2.87. The Balaban J connectivity index is 2.10. The Labute approximate surface area is 181 Å². The summed E-state index contributed by atoms with van der Waals surface area (Å²) in [6.07, 6.45) is 26.6. The standard InChI is InChI=1S/C24H45N2O2P/c1-2-3-4-5-6-7-8-11-15-23(26-19-18-25-22-26)16-12-9-10-13-17-24(27)28-20-14-21-29/h18-19,22-23H,2-17,20-21,29H2,1H3/p+1. The largest absolute Gasteiger partial charge is 0.466 e. The number of imidazole rings is 1. The van der Waals surface area contributed by atoms with Crippen molar-refractivity contribution in [2.24, 2.45) is 0 Å². The molecule has 0 saturated carbocycles. The number of carbonyl (C=O) groups excluding carboxylic acids is 1. The molecule has 1 aromatic heterocycles. The Morgan fingerprint density at radius 2 is 1.55 bits per heavy atom. The summed E-state index contributed by atoms with van der Waals surface area (Å²) in [7, 11) is 1.93. The highest BCUT2D eigenvalue weighted by Crippen LogP contribution is 2.23. The molecule has 0 fully saturated rings. The first-order valence-corrected chi connectivity index (χ1v) is 13.2. The molecular weight excluding hydrogens is 379 g/mol. The van der Waals surface area contributed by atoms with Crippen LogP contribution >= 0.6 is 9.24 Å². The molecule has 168 valence electrons. The number of ether oxygens (including phenoxy) is 1. The lowest BCUT2D eigenvalue weighted by Gasteiger charge is -2.18. The SMILES string of the molecule is CCCCCCCCCCC(CCCCCCC(=O)OCCC[PH3+])n1ccnc1. The third-order valence-corrected chi connectivity index (χ3v) is 6.16. The second-order valence-corrected chi connectivity index (χ2v) is 9.01. The van der Waals surface area contributed by atoms with E-state index in [1.165, 1.54) is 77.0 Å². The van der Waals surface area contributed by atoms with Gasteiger partial charge < -0.3 is 9.30 Å². The van der Waals surface area contributed by atoms with E-state index >= 15 is 0 Å². The van der Waals surface area contributed by atoms with Gasteiger partial charge in [-0.05, 0) is 28.5 Å². The van der Waals surface area contributed by atoms with Crippen LogP contribution in [0.5, 0.6) is 0 Å². The molecule has 5 heteroatoms. The first-order valence-electron chi connectivity index (χ1n) is 12.2. The van der Waals surface area contributed by atoms with E-state index in [9.17, 15) is 4.79 Å². The molecule has 0 aliphatic carbocycles. The predicted octanol–water partition coefficient (Wildman–Crippen LogP) is 6.84. The molecule has 0 N–H and O–H groups in total. The maximum atomic E-state index is 11.6. The Morgan fingerprint density at radius 3 is 2.14 bits per heavy atom. The fourth-order valence-corrected chi connectivity index (χ4v) is 4.01. The van der Waals surface area contributed by atoms with E-state index in [-0.39, 0.29) is 5.97 Å². The number of carbonyl (C=O) groups is 1. The summed E-state index contributed by atoms with van der Waals surface area (Å²) in [6, 6.07) is 0.581. The maximum Gasteiger partial charge on any atom is 0.305 e. The molecule has 4 nitrogen and oxygen atoms in total. The van der Waals surface area contributed by atoms with E-state index in [1.807, 2.05) is 21.8 Å². The average molecular weight is 426 g/mol. The van der Waals surface area contributed by atoms with Crippen molar-refractivity contribution in [3.05, 3.63) is 18.7 Å². The molecule has 0 spiro atoms. The Morgan fingerprint density at radius 1 is 0.931 bits per heavy atom. The monoisotopic (exact) mass is 425 g/mol. The van der Waals surface area contributed by atoms with E-state index < -0.39 is 0 Å². The number of aromatic nitrogens is 2. The summed E-state index contributed by atoms with van der Waals surface area (Å²) in [4.78, 5) is 15.9. The first-order chi connectivity index (χ1) is 14.3. The molecule has 0 aliphatic rings. The molecule has 1 aromatic rings. The highest BCUT2D eigenvalue weighted by atomic mass is 31.0. The number of unbranched alkanes of at least 4 members (excludes halogenated alkanes) is 10. The van der Waals surface area contributed by atoms with Gasteiger partial charge in [-0.25, -0.2) is 4.98 Å². The van der Waals surface area contributed by atoms with Crippen molar-refractivity contribution < 1.29 is 9.53 Å². The first kappa shape index (κ1) is 26.1. The van der Waals surface area contributed by atoms with E-state index in [2.05, 4.69) is 22.7 Å². The lowest BCUT2D eigenvalue weighted by atomic mass is 10.00. The molecule has 29 heavy (non-hydrogen) atoms. The van der Waals surface area contributed by atoms with Gasteiger partial charge in [0.2, 0.25) is 0 Å². The van der Waals surface area contributed by atoms with Crippen LogP contribution in [0.1, 0.15) is 116 Å². The molecule has 2 unspecified atom stereocenters. The number of esters is 1. The van der Waals surface area contributed by atoms with Crippen LogP contribution in [0.4, 0.5) is 0 Å². The van der Waals surface area contributed by atoms with E-state index in [0.717, 1.165) is 25.4 Å². The average Bonchev–Trinajstić information content (AvgIpc) is 3.25. The van der Waals surface area contributed by atoms with Crippen molar-refractivity contribution in [1.29, 1.82) is 0 Å². The van der Waals surface area contributed by atoms with Crippen LogP contribution in [0, 0.1) is 0 Å². The van der Waals surface area contributed by atoms with Crippen LogP contribution in [0.25, 0.3) is 0 Å². The summed E-state index contributed by atoms with van der Waals surface area (Å²) < 4.78 is 7.52. The van der Waals surface area contributed by atoms with Gasteiger partial charge in [0.15, 0.2) is 0 Å². The second kappa shape index (κ2) is 19.1. The summed E-state index contributed by atoms with van der Waals surface area (Å²) in [5.74, 6) is -0.0206. The lowest BCUT2D eigenvalue weighted by molar-refractivity contribution is -0.143. The fourth-order valence-electron chi connectivity index (χ4n) is 3.80. The van der Waals surface area contributed by atoms with Crippen molar-refractivity contribution in [3.63, 3.8) is 0 Å². The van der Waals surface area contributed by atoms with Crippen molar-refractivity contribution in [2.75, 3.05) is 12.8 Å². The Bertz CT molecular complexity index is 479. The van der Waals surface area contributed by atoms with Gasteiger partial charge in [-0.2, -0.15) is 0 Å². The third-order valence-electron chi connectivity index (χ3n) is 5.66. The molecule has 0 bridgehead atoms. The van der Waals surface area contributed by atoms with Crippen LogP contribution in [-0.4, -0.2) is 28.3 Å². The summed E-state index contributed by atoms with van der Waals surface area (Å²) in [5, 5.41) is 0. The van der Waals surface area contributed by atoms with Crippen molar-refractivity contribution in [2.45, 2.75) is 116 Å². The quantitative estimate of drug-likeness (QED) is 0.131. The normalized spacial score (nSPS) is 12.3. The summed E-state index contributed by atoms with van der Waals surface area (Å²) in [5.41, 5.74) is 0. The highest BCUT2D eigenvalue weighted by Gasteiger charge is 2.10. The number of rotatable bonds is 20. The van der Waals surface area contributed by atoms with Gasteiger partial charge in [0.1, 0.15) is 0 Å². The van der Waals surface area contributed by atoms with Crippen LogP contribution in [0.2, 0.25) is 0 Å². The smallest absolute Gasteiger partial charge is 0.305 e. The minimum absolute atomic E-state index is 0.0206. The van der Waals surface area contributed by atoms with E-state index in [0.29, 0.717) is 19.1 Å². The van der Waals surface area contributed by atoms with Gasteiger partial charge in [0.25, 0.3) is 0 Å². The van der Waals surface area contributed by atoms with E-state index in [4.69, 9.17) is 4.74 Å². The van der Waals surface area contributed by atoms with Gasteiger partial charge in [-0.3, -0.25) is 4.79 Å².